The summed E-state index contributed by atoms with van der Waals surface area (Å²) < 4.78 is 1.89. The normalized spacial score (nSPS) is 11.8. The van der Waals surface area contributed by atoms with Crippen molar-refractivity contribution in [3.8, 4) is 0 Å². The molecule has 0 bridgehead atoms. The monoisotopic (exact) mass is 392 g/mol. The summed E-state index contributed by atoms with van der Waals surface area (Å²) in [5.41, 5.74) is 0.321. The van der Waals surface area contributed by atoms with Crippen LogP contribution in [0, 0.1) is 0 Å². The van der Waals surface area contributed by atoms with E-state index >= 15 is 0 Å². The lowest BCUT2D eigenvalue weighted by atomic mass is 10.2. The van der Waals surface area contributed by atoms with Crippen LogP contribution in [0.25, 0.3) is 11.6 Å². The van der Waals surface area contributed by atoms with Gasteiger partial charge in [-0.05, 0) is 55.4 Å². The van der Waals surface area contributed by atoms with E-state index in [1.54, 1.807) is 6.08 Å². The van der Waals surface area contributed by atoms with Gasteiger partial charge < -0.3 is 5.11 Å². The molecule has 17 heavy (non-hydrogen) atoms. The first-order valence-corrected chi connectivity index (χ1v) is 7.80. The summed E-state index contributed by atoms with van der Waals surface area (Å²) in [7, 11) is 0. The van der Waals surface area contributed by atoms with Gasteiger partial charge in [0.25, 0.3) is 0 Å². The molecule has 2 rings (SSSR count). The average molecular weight is 394 g/mol. The van der Waals surface area contributed by atoms with Gasteiger partial charge >= 0.3 is 5.97 Å². The third-order valence-corrected chi connectivity index (χ3v) is 6.07. The van der Waals surface area contributed by atoms with Crippen molar-refractivity contribution in [2.45, 2.75) is 0 Å². The zero-order valence-electron chi connectivity index (χ0n) is 8.31. The van der Waals surface area contributed by atoms with E-state index in [-0.39, 0.29) is 0 Å². The molecule has 0 amide bonds. The molecule has 88 valence electrons. The number of carbonyl (C=O) groups is 1. The molecule has 2 nitrogen and oxygen atoms in total. The highest BCUT2D eigenvalue weighted by molar-refractivity contribution is 9.13. The first-order chi connectivity index (χ1) is 8.08. The smallest absolute Gasteiger partial charge is 0.337 e. The van der Waals surface area contributed by atoms with Crippen molar-refractivity contribution in [2.24, 2.45) is 0 Å². The van der Waals surface area contributed by atoms with Crippen molar-refractivity contribution >= 4 is 72.2 Å². The Balaban J connectivity index is 2.44. The van der Waals surface area contributed by atoms with Crippen LogP contribution in [0.3, 0.4) is 0 Å². The molecule has 2 aromatic heterocycles. The van der Waals surface area contributed by atoms with Gasteiger partial charge in [-0.15, -0.1) is 22.7 Å². The molecular formula is C11H6Br2O2S2. The molecule has 0 aromatic carbocycles. The van der Waals surface area contributed by atoms with Gasteiger partial charge in [0.1, 0.15) is 0 Å². The van der Waals surface area contributed by atoms with Crippen LogP contribution < -0.4 is 0 Å². The number of hydrogen-bond acceptors (Lipinski definition) is 3. The fraction of sp³-hybridized carbons (Fsp3) is 0. The van der Waals surface area contributed by atoms with Crippen LogP contribution in [-0.4, -0.2) is 11.1 Å². The molecule has 0 saturated heterocycles. The molecular weight excluding hydrogens is 388 g/mol. The van der Waals surface area contributed by atoms with Gasteiger partial charge in [0.15, 0.2) is 0 Å². The van der Waals surface area contributed by atoms with E-state index in [2.05, 4.69) is 31.9 Å². The second-order valence-corrected chi connectivity index (χ2v) is 7.31. The summed E-state index contributed by atoms with van der Waals surface area (Å²) in [5.74, 6) is -0.909. The minimum Gasteiger partial charge on any atom is -0.478 e. The zero-order chi connectivity index (χ0) is 12.4. The zero-order valence-corrected chi connectivity index (χ0v) is 13.1. The van der Waals surface area contributed by atoms with E-state index in [4.69, 9.17) is 0 Å². The highest BCUT2D eigenvalue weighted by Crippen LogP contribution is 2.34. The number of aliphatic carboxylic acids is 1. The maximum absolute atomic E-state index is 11.2. The lowest BCUT2D eigenvalue weighted by molar-refractivity contribution is -0.130. The van der Waals surface area contributed by atoms with Crippen LogP contribution in [0.15, 0.2) is 31.8 Å². The van der Waals surface area contributed by atoms with Crippen molar-refractivity contribution in [2.75, 3.05) is 0 Å². The summed E-state index contributed by atoms with van der Waals surface area (Å²) in [6, 6.07) is 5.55. The van der Waals surface area contributed by atoms with Crippen LogP contribution in [0.1, 0.15) is 9.75 Å². The Morgan fingerprint density at radius 3 is 2.65 bits per heavy atom. The highest BCUT2D eigenvalue weighted by Gasteiger charge is 2.12. The molecule has 0 aliphatic carbocycles. The van der Waals surface area contributed by atoms with Crippen molar-refractivity contribution in [3.63, 3.8) is 0 Å². The Morgan fingerprint density at radius 2 is 2.18 bits per heavy atom. The van der Waals surface area contributed by atoms with Crippen LogP contribution in [0.4, 0.5) is 0 Å². The summed E-state index contributed by atoms with van der Waals surface area (Å²) in [6.45, 7) is 0. The number of rotatable bonds is 3. The van der Waals surface area contributed by atoms with Gasteiger partial charge in [0, 0.05) is 14.2 Å². The van der Waals surface area contributed by atoms with Crippen LogP contribution in [0.5, 0.6) is 0 Å². The topological polar surface area (TPSA) is 37.3 Å². The summed E-state index contributed by atoms with van der Waals surface area (Å²) >= 11 is 9.68. The lowest BCUT2D eigenvalue weighted by Crippen LogP contribution is -1.97. The maximum atomic E-state index is 11.2. The molecule has 0 radical (unpaired) electrons. The van der Waals surface area contributed by atoms with Crippen LogP contribution in [-0.2, 0) is 4.79 Å². The number of hydrogen-bond donors (Lipinski definition) is 1. The largest absolute Gasteiger partial charge is 0.478 e. The molecule has 1 N–H and O–H groups in total. The van der Waals surface area contributed by atoms with Crippen LogP contribution in [0.2, 0.25) is 0 Å². The van der Waals surface area contributed by atoms with Crippen molar-refractivity contribution < 1.29 is 9.90 Å². The highest BCUT2D eigenvalue weighted by atomic mass is 79.9. The second kappa shape index (κ2) is 5.48. The minimum atomic E-state index is -0.909. The Hall–Kier alpha value is -0.430. The lowest BCUT2D eigenvalue weighted by Gasteiger charge is -1.97. The van der Waals surface area contributed by atoms with E-state index in [0.29, 0.717) is 5.57 Å². The Kier molecular flexibility index (Phi) is 4.19. The van der Waals surface area contributed by atoms with Crippen molar-refractivity contribution in [3.05, 3.63) is 41.6 Å². The molecule has 0 aliphatic heterocycles. The van der Waals surface area contributed by atoms with Gasteiger partial charge in [-0.25, -0.2) is 4.79 Å². The molecule has 0 atom stereocenters. The standard InChI is InChI=1S/C11H6Br2O2S2/c12-8-5-6(17-10(8)13)4-7(11(14)15)9-2-1-3-16-9/h1-5H,(H,14,15)/b7-4+. The molecule has 0 fully saturated rings. The van der Waals surface area contributed by atoms with Gasteiger partial charge in [-0.2, -0.15) is 0 Å². The van der Waals surface area contributed by atoms with Gasteiger partial charge in [-0.1, -0.05) is 6.07 Å². The first-order valence-electron chi connectivity index (χ1n) is 4.51. The number of halogens is 2. The number of thiophene rings is 2. The van der Waals surface area contributed by atoms with Gasteiger partial charge in [-0.3, -0.25) is 0 Å². The number of carboxylic acids is 1. The van der Waals surface area contributed by atoms with Gasteiger partial charge in [0.05, 0.1) is 9.36 Å². The minimum absolute atomic E-state index is 0.321. The molecule has 2 heterocycles. The van der Waals surface area contributed by atoms with E-state index < -0.39 is 5.97 Å². The third kappa shape index (κ3) is 3.07. The van der Waals surface area contributed by atoms with Gasteiger partial charge in [0.2, 0.25) is 0 Å². The molecule has 2 aromatic rings. The predicted molar refractivity (Wildman–Crippen MR) is 79.5 cm³/mol. The summed E-state index contributed by atoms with van der Waals surface area (Å²) in [4.78, 5) is 12.9. The van der Waals surface area contributed by atoms with E-state index in [9.17, 15) is 9.90 Å². The van der Waals surface area contributed by atoms with E-state index in [1.807, 2.05) is 23.6 Å². The molecule has 0 spiro atoms. The Labute approximate surface area is 123 Å². The Bertz CT molecular complexity index is 551. The maximum Gasteiger partial charge on any atom is 0.337 e. The van der Waals surface area contributed by atoms with Crippen LogP contribution >= 0.6 is 54.5 Å². The fourth-order valence-corrected chi connectivity index (χ4v) is 4.01. The second-order valence-electron chi connectivity index (χ2n) is 3.11. The SMILES string of the molecule is O=C(O)/C(=C/c1cc(Br)c(Br)s1)c1cccs1. The first kappa shape index (κ1) is 13.0. The molecule has 6 heteroatoms. The summed E-state index contributed by atoms with van der Waals surface area (Å²) in [5, 5.41) is 11.1. The molecule has 0 saturated carbocycles. The predicted octanol–water partition coefficient (Wildman–Crippen LogP) is 4.96. The molecule has 0 aliphatic rings. The number of carboxylic acid groups (broad SMARTS) is 1. The molecule has 0 unspecified atom stereocenters. The van der Waals surface area contributed by atoms with Crippen molar-refractivity contribution in [1.82, 2.24) is 0 Å². The average Bonchev–Trinajstić information content (AvgIpc) is 2.86. The van der Waals surface area contributed by atoms with E-state index in [1.165, 1.54) is 22.7 Å². The summed E-state index contributed by atoms with van der Waals surface area (Å²) in [6.07, 6.45) is 1.69. The third-order valence-electron chi connectivity index (χ3n) is 1.97. The van der Waals surface area contributed by atoms with Crippen molar-refractivity contribution in [1.29, 1.82) is 0 Å². The quantitative estimate of drug-likeness (QED) is 0.748. The van der Waals surface area contributed by atoms with E-state index in [0.717, 1.165) is 18.0 Å². The Morgan fingerprint density at radius 1 is 1.41 bits per heavy atom. The fourth-order valence-electron chi connectivity index (χ4n) is 1.25.